The average molecular weight is 389 g/mol. The molecule has 1 amide bonds. The molecule has 0 heterocycles. The van der Waals surface area contributed by atoms with Crippen LogP contribution in [0.4, 0.5) is 5.69 Å². The van der Waals surface area contributed by atoms with E-state index in [1.54, 1.807) is 24.3 Å². The number of anilines is 1. The standard InChI is InChI=1S/C20H23NO7/c1-12(2)28-16-8-6-14(25-3)10-15(16)21-20(24)13-5-7-17(26-4)18(9-13)27-11-19(22)23/h5-10,12H,11H2,1-4H3,(H,21,24)(H,22,23). The van der Waals surface area contributed by atoms with Crippen LogP contribution in [0.3, 0.4) is 0 Å². The first-order chi connectivity index (χ1) is 13.3. The predicted molar refractivity (Wildman–Crippen MR) is 103 cm³/mol. The lowest BCUT2D eigenvalue weighted by molar-refractivity contribution is -0.139. The van der Waals surface area contributed by atoms with Gasteiger partial charge in [-0.15, -0.1) is 0 Å². The zero-order valence-corrected chi connectivity index (χ0v) is 16.1. The minimum atomic E-state index is -1.14. The highest BCUT2D eigenvalue weighted by Gasteiger charge is 2.15. The summed E-state index contributed by atoms with van der Waals surface area (Å²) in [4.78, 5) is 23.5. The number of hydrogen-bond donors (Lipinski definition) is 2. The van der Waals surface area contributed by atoms with Crippen molar-refractivity contribution >= 4 is 17.6 Å². The second-order valence-electron chi connectivity index (χ2n) is 6.03. The molecule has 0 unspecified atom stereocenters. The summed E-state index contributed by atoms with van der Waals surface area (Å²) < 4.78 is 21.3. The van der Waals surface area contributed by atoms with Gasteiger partial charge >= 0.3 is 5.97 Å². The molecule has 2 aromatic carbocycles. The molecule has 0 saturated carbocycles. The van der Waals surface area contributed by atoms with Crippen LogP contribution in [0, 0.1) is 0 Å². The fourth-order valence-electron chi connectivity index (χ4n) is 2.36. The van der Waals surface area contributed by atoms with Gasteiger partial charge in [0, 0.05) is 11.6 Å². The summed E-state index contributed by atoms with van der Waals surface area (Å²) in [5.41, 5.74) is 0.710. The molecule has 0 bridgehead atoms. The molecule has 0 atom stereocenters. The molecule has 0 aliphatic heterocycles. The monoisotopic (exact) mass is 389 g/mol. The Morgan fingerprint density at radius 2 is 1.71 bits per heavy atom. The van der Waals surface area contributed by atoms with Crippen molar-refractivity contribution in [2.24, 2.45) is 0 Å². The molecule has 2 rings (SSSR count). The molecule has 0 spiro atoms. The summed E-state index contributed by atoms with van der Waals surface area (Å²) in [5, 5.41) is 11.6. The Morgan fingerprint density at radius 1 is 1.00 bits per heavy atom. The summed E-state index contributed by atoms with van der Waals surface area (Å²) in [6.07, 6.45) is -0.0824. The van der Waals surface area contributed by atoms with E-state index in [0.29, 0.717) is 22.9 Å². The van der Waals surface area contributed by atoms with Crippen molar-refractivity contribution in [1.29, 1.82) is 0 Å². The minimum absolute atomic E-state index is 0.0824. The number of rotatable bonds is 9. The largest absolute Gasteiger partial charge is 0.497 e. The molecule has 8 heteroatoms. The number of carboxylic acids is 1. The normalized spacial score (nSPS) is 10.3. The summed E-state index contributed by atoms with van der Waals surface area (Å²) in [6, 6.07) is 9.60. The van der Waals surface area contributed by atoms with Gasteiger partial charge in [-0.3, -0.25) is 4.79 Å². The average Bonchev–Trinajstić information content (AvgIpc) is 2.66. The minimum Gasteiger partial charge on any atom is -0.497 e. The highest BCUT2D eigenvalue weighted by Crippen LogP contribution is 2.32. The van der Waals surface area contributed by atoms with Gasteiger partial charge in [0.05, 0.1) is 26.0 Å². The molecule has 150 valence electrons. The van der Waals surface area contributed by atoms with Gasteiger partial charge in [0.1, 0.15) is 11.5 Å². The third kappa shape index (κ3) is 5.54. The number of carbonyl (C=O) groups excluding carboxylic acids is 1. The van der Waals surface area contributed by atoms with E-state index in [1.165, 1.54) is 26.4 Å². The van der Waals surface area contributed by atoms with Gasteiger partial charge in [-0.2, -0.15) is 0 Å². The van der Waals surface area contributed by atoms with Crippen LogP contribution in [-0.4, -0.2) is 43.9 Å². The third-order valence-corrected chi connectivity index (χ3v) is 3.57. The quantitative estimate of drug-likeness (QED) is 0.679. The zero-order chi connectivity index (χ0) is 20.7. The Balaban J connectivity index is 2.29. The Labute approximate surface area is 163 Å². The lowest BCUT2D eigenvalue weighted by Gasteiger charge is -2.16. The van der Waals surface area contributed by atoms with Crippen molar-refractivity contribution in [3.8, 4) is 23.0 Å². The zero-order valence-electron chi connectivity index (χ0n) is 16.1. The number of benzene rings is 2. The van der Waals surface area contributed by atoms with Crippen LogP contribution in [0.1, 0.15) is 24.2 Å². The fraction of sp³-hybridized carbons (Fsp3) is 0.300. The molecule has 2 N–H and O–H groups in total. The van der Waals surface area contributed by atoms with Gasteiger partial charge < -0.3 is 29.4 Å². The van der Waals surface area contributed by atoms with Crippen LogP contribution >= 0.6 is 0 Å². The van der Waals surface area contributed by atoms with Gasteiger partial charge in [-0.05, 0) is 44.2 Å². The summed E-state index contributed by atoms with van der Waals surface area (Å²) >= 11 is 0. The molecule has 0 aliphatic rings. The second kappa shape index (κ2) is 9.50. The van der Waals surface area contributed by atoms with E-state index in [2.05, 4.69) is 5.32 Å². The summed E-state index contributed by atoms with van der Waals surface area (Å²) in [5.74, 6) is -0.0232. The molecule has 28 heavy (non-hydrogen) atoms. The van der Waals surface area contributed by atoms with Crippen LogP contribution in [0.5, 0.6) is 23.0 Å². The molecule has 2 aromatic rings. The van der Waals surface area contributed by atoms with Gasteiger partial charge in [-0.25, -0.2) is 4.79 Å². The van der Waals surface area contributed by atoms with Gasteiger partial charge in [-0.1, -0.05) is 0 Å². The molecule has 0 aliphatic carbocycles. The lowest BCUT2D eigenvalue weighted by Crippen LogP contribution is -2.15. The smallest absolute Gasteiger partial charge is 0.341 e. The lowest BCUT2D eigenvalue weighted by atomic mass is 10.1. The first kappa shape index (κ1) is 20.9. The molecule has 0 saturated heterocycles. The van der Waals surface area contributed by atoms with Crippen molar-refractivity contribution in [3.05, 3.63) is 42.0 Å². The van der Waals surface area contributed by atoms with Crippen LogP contribution in [0.15, 0.2) is 36.4 Å². The Morgan fingerprint density at radius 3 is 2.32 bits per heavy atom. The van der Waals surface area contributed by atoms with Crippen molar-refractivity contribution in [3.63, 3.8) is 0 Å². The summed E-state index contributed by atoms with van der Waals surface area (Å²) in [7, 11) is 2.95. The molecule has 0 aromatic heterocycles. The van der Waals surface area contributed by atoms with Gasteiger partial charge in [0.15, 0.2) is 18.1 Å². The number of aliphatic carboxylic acids is 1. The highest BCUT2D eigenvalue weighted by atomic mass is 16.5. The Kier molecular flexibility index (Phi) is 7.08. The number of hydrogen-bond acceptors (Lipinski definition) is 6. The maximum atomic E-state index is 12.7. The highest BCUT2D eigenvalue weighted by molar-refractivity contribution is 6.05. The van der Waals surface area contributed by atoms with Crippen LogP contribution in [0.25, 0.3) is 0 Å². The van der Waals surface area contributed by atoms with Crippen LogP contribution in [0.2, 0.25) is 0 Å². The van der Waals surface area contributed by atoms with E-state index in [-0.39, 0.29) is 17.4 Å². The number of amides is 1. The number of carbonyl (C=O) groups is 2. The second-order valence-corrected chi connectivity index (χ2v) is 6.03. The molecular formula is C20H23NO7. The van der Waals surface area contributed by atoms with Crippen LogP contribution in [-0.2, 0) is 4.79 Å². The van der Waals surface area contributed by atoms with Crippen LogP contribution < -0.4 is 24.3 Å². The number of ether oxygens (including phenoxy) is 4. The van der Waals surface area contributed by atoms with Gasteiger partial charge in [0.25, 0.3) is 5.91 Å². The van der Waals surface area contributed by atoms with Crippen molar-refractivity contribution in [2.45, 2.75) is 20.0 Å². The topological polar surface area (TPSA) is 103 Å². The van der Waals surface area contributed by atoms with E-state index in [0.717, 1.165) is 0 Å². The van der Waals surface area contributed by atoms with E-state index in [9.17, 15) is 9.59 Å². The Bertz CT molecular complexity index is 848. The Hall–Kier alpha value is -3.42. The predicted octanol–water partition coefficient (Wildman–Crippen LogP) is 3.21. The SMILES string of the molecule is COc1ccc(OC(C)C)c(NC(=O)c2ccc(OC)c(OCC(=O)O)c2)c1. The van der Waals surface area contributed by atoms with Crippen molar-refractivity contribution in [2.75, 3.05) is 26.1 Å². The first-order valence-corrected chi connectivity index (χ1v) is 8.52. The molecule has 0 fully saturated rings. The molecular weight excluding hydrogens is 366 g/mol. The summed E-state index contributed by atoms with van der Waals surface area (Å²) in [6.45, 7) is 3.21. The maximum Gasteiger partial charge on any atom is 0.341 e. The third-order valence-electron chi connectivity index (χ3n) is 3.57. The van der Waals surface area contributed by atoms with Crippen molar-refractivity contribution in [1.82, 2.24) is 0 Å². The maximum absolute atomic E-state index is 12.7. The van der Waals surface area contributed by atoms with Gasteiger partial charge in [0.2, 0.25) is 0 Å². The van der Waals surface area contributed by atoms with Crippen molar-refractivity contribution < 1.29 is 33.6 Å². The fourth-order valence-corrected chi connectivity index (χ4v) is 2.36. The van der Waals surface area contributed by atoms with E-state index < -0.39 is 18.5 Å². The number of methoxy groups -OCH3 is 2. The first-order valence-electron chi connectivity index (χ1n) is 8.52. The van der Waals surface area contributed by atoms with E-state index in [1.807, 2.05) is 13.8 Å². The molecule has 0 radical (unpaired) electrons. The molecule has 8 nitrogen and oxygen atoms in total. The number of carboxylic acid groups (broad SMARTS) is 1. The van der Waals surface area contributed by atoms with E-state index in [4.69, 9.17) is 24.1 Å². The van der Waals surface area contributed by atoms with E-state index >= 15 is 0 Å². The number of nitrogens with one attached hydrogen (secondary N) is 1.